The minimum atomic E-state index is -0.570. The van der Waals surface area contributed by atoms with Gasteiger partial charge in [0.25, 0.3) is 5.91 Å². The Hall–Kier alpha value is -5.20. The largest absolute Gasteiger partial charge is 0.490 e. The predicted octanol–water partition coefficient (Wildman–Crippen LogP) is 7.58. The number of urea groups is 2. The second-order valence-electron chi connectivity index (χ2n) is 13.4. The molecule has 5 rings (SSSR count). The number of rotatable bonds is 7. The first-order valence-corrected chi connectivity index (χ1v) is 17.7. The topological polar surface area (TPSA) is 132 Å². The summed E-state index contributed by atoms with van der Waals surface area (Å²) in [5.74, 6) is -0.671. The molecule has 4 atom stereocenters. The SMILES string of the molecule is C[C@H](CO)N1C[C@H](C)[C@H](CN(C)C(=O)Nc2ccc(F)cc2)OCCCC[C@H](C)Oc2ccc(NC(=O)Nc3cccc4ccccc34)cc2C1=O. The number of amides is 5. The number of nitrogens with one attached hydrogen (secondary N) is 3. The van der Waals surface area contributed by atoms with E-state index < -0.39 is 24.0 Å². The van der Waals surface area contributed by atoms with Gasteiger partial charge in [-0.25, -0.2) is 14.0 Å². The Balaban J connectivity index is 1.37. The van der Waals surface area contributed by atoms with E-state index in [0.29, 0.717) is 35.8 Å². The third-order valence-corrected chi connectivity index (χ3v) is 9.24. The minimum absolute atomic E-state index is 0.201. The van der Waals surface area contributed by atoms with Crippen LogP contribution in [0.3, 0.4) is 0 Å². The van der Waals surface area contributed by atoms with Gasteiger partial charge in [0.15, 0.2) is 0 Å². The van der Waals surface area contributed by atoms with E-state index in [1.54, 1.807) is 37.1 Å². The van der Waals surface area contributed by atoms with E-state index in [0.717, 1.165) is 23.6 Å². The van der Waals surface area contributed by atoms with Gasteiger partial charge in [-0.2, -0.15) is 0 Å². The van der Waals surface area contributed by atoms with Gasteiger partial charge in [0.2, 0.25) is 0 Å². The standard InChI is InChI=1S/C40H48FN5O6/c1-26-23-46(27(2)25-47)38(48)34-22-32(42-39(49)44-35-14-9-12-29-11-5-6-13-33(29)35)19-20-36(34)52-28(3)10-7-8-21-51-37(26)24-45(4)40(50)43-31-17-15-30(41)16-18-31/h5-6,9,11-20,22,26-28,37,47H,7-8,10,21,23-25H2,1-4H3,(H,43,50)(H2,42,44,49)/t26-,27+,28-,37-/m0/s1. The lowest BCUT2D eigenvalue weighted by Crippen LogP contribution is -2.48. The van der Waals surface area contributed by atoms with Gasteiger partial charge in [-0.15, -0.1) is 0 Å². The zero-order valence-electron chi connectivity index (χ0n) is 30.1. The molecule has 0 fully saturated rings. The molecule has 0 spiro atoms. The second-order valence-corrected chi connectivity index (χ2v) is 13.4. The Labute approximate surface area is 304 Å². The highest BCUT2D eigenvalue weighted by atomic mass is 19.1. The van der Waals surface area contributed by atoms with E-state index in [2.05, 4.69) is 16.0 Å². The summed E-state index contributed by atoms with van der Waals surface area (Å²) < 4.78 is 26.1. The number of hydrogen-bond donors (Lipinski definition) is 4. The summed E-state index contributed by atoms with van der Waals surface area (Å²) in [5.41, 5.74) is 1.74. The molecule has 0 bridgehead atoms. The van der Waals surface area contributed by atoms with Crippen LogP contribution in [0.25, 0.3) is 10.8 Å². The molecular formula is C40H48FN5O6. The van der Waals surface area contributed by atoms with Crippen molar-refractivity contribution in [1.82, 2.24) is 9.80 Å². The maximum absolute atomic E-state index is 14.5. The number of carbonyl (C=O) groups is 3. The Morgan fingerprint density at radius 2 is 1.69 bits per heavy atom. The zero-order chi connectivity index (χ0) is 37.2. The molecule has 4 aromatic carbocycles. The monoisotopic (exact) mass is 713 g/mol. The molecule has 0 saturated heterocycles. The first kappa shape index (κ1) is 38.0. The van der Waals surface area contributed by atoms with Crippen LogP contribution in [0.5, 0.6) is 5.75 Å². The summed E-state index contributed by atoms with van der Waals surface area (Å²) in [6.07, 6.45) is 1.62. The van der Waals surface area contributed by atoms with E-state index in [1.807, 2.05) is 56.3 Å². The van der Waals surface area contributed by atoms with Gasteiger partial charge in [0.1, 0.15) is 11.6 Å². The highest BCUT2D eigenvalue weighted by molar-refractivity contribution is 6.07. The summed E-state index contributed by atoms with van der Waals surface area (Å²) in [6.45, 7) is 6.23. The van der Waals surface area contributed by atoms with Crippen LogP contribution in [-0.2, 0) is 4.74 Å². The molecule has 12 heteroatoms. The average Bonchev–Trinajstić information content (AvgIpc) is 3.13. The van der Waals surface area contributed by atoms with Crippen LogP contribution in [0, 0.1) is 11.7 Å². The Kier molecular flexibility index (Phi) is 13.0. The summed E-state index contributed by atoms with van der Waals surface area (Å²) in [7, 11) is 1.65. The molecule has 4 N–H and O–H groups in total. The van der Waals surface area contributed by atoms with Gasteiger partial charge < -0.3 is 40.3 Å². The van der Waals surface area contributed by atoms with Crippen molar-refractivity contribution in [3.63, 3.8) is 0 Å². The Bertz CT molecular complexity index is 1830. The number of hydrogen-bond acceptors (Lipinski definition) is 6. The number of aliphatic hydroxyl groups excluding tert-OH is 1. The van der Waals surface area contributed by atoms with E-state index in [-0.39, 0.29) is 49.2 Å². The van der Waals surface area contributed by atoms with E-state index in [1.165, 1.54) is 29.2 Å². The molecule has 0 aliphatic carbocycles. The van der Waals surface area contributed by atoms with Crippen molar-refractivity contribution in [3.8, 4) is 5.75 Å². The number of aliphatic hydroxyl groups is 1. The number of ether oxygens (including phenoxy) is 2. The first-order chi connectivity index (χ1) is 25.0. The lowest BCUT2D eigenvalue weighted by molar-refractivity contribution is -0.0115. The fourth-order valence-electron chi connectivity index (χ4n) is 6.19. The number of anilines is 3. The van der Waals surface area contributed by atoms with Crippen LogP contribution in [0.4, 0.5) is 31.0 Å². The fraction of sp³-hybridized carbons (Fsp3) is 0.375. The van der Waals surface area contributed by atoms with E-state index in [9.17, 15) is 23.9 Å². The summed E-state index contributed by atoms with van der Waals surface area (Å²) >= 11 is 0. The lowest BCUT2D eigenvalue weighted by Gasteiger charge is -2.35. The summed E-state index contributed by atoms with van der Waals surface area (Å²) in [6, 6.07) is 22.5. The first-order valence-electron chi connectivity index (χ1n) is 17.7. The number of fused-ring (bicyclic) bond motifs is 2. The van der Waals surface area contributed by atoms with Crippen molar-refractivity contribution in [1.29, 1.82) is 0 Å². The molecule has 4 aromatic rings. The molecule has 0 radical (unpaired) electrons. The van der Waals surface area contributed by atoms with Crippen molar-refractivity contribution in [2.75, 3.05) is 49.3 Å². The molecule has 52 heavy (non-hydrogen) atoms. The van der Waals surface area contributed by atoms with E-state index in [4.69, 9.17) is 9.47 Å². The number of benzene rings is 4. The molecule has 0 saturated carbocycles. The van der Waals surface area contributed by atoms with Gasteiger partial charge in [-0.3, -0.25) is 4.79 Å². The molecule has 0 aromatic heterocycles. The second kappa shape index (κ2) is 17.8. The average molecular weight is 714 g/mol. The summed E-state index contributed by atoms with van der Waals surface area (Å²) in [4.78, 5) is 43.8. The quantitative estimate of drug-likeness (QED) is 0.156. The predicted molar refractivity (Wildman–Crippen MR) is 202 cm³/mol. The smallest absolute Gasteiger partial charge is 0.323 e. The van der Waals surface area contributed by atoms with Gasteiger partial charge in [0, 0.05) is 49.4 Å². The van der Waals surface area contributed by atoms with Gasteiger partial charge in [-0.05, 0) is 87.0 Å². The van der Waals surface area contributed by atoms with Gasteiger partial charge in [0.05, 0.1) is 36.1 Å². The van der Waals surface area contributed by atoms with Crippen molar-refractivity contribution < 1.29 is 33.4 Å². The highest BCUT2D eigenvalue weighted by Crippen LogP contribution is 2.29. The van der Waals surface area contributed by atoms with Crippen LogP contribution in [0.1, 0.15) is 50.4 Å². The third kappa shape index (κ3) is 9.98. The number of halogens is 1. The number of nitrogens with zero attached hydrogens (tertiary/aromatic N) is 2. The molecule has 0 unspecified atom stereocenters. The van der Waals surface area contributed by atoms with Crippen molar-refractivity contribution in [2.24, 2.45) is 5.92 Å². The van der Waals surface area contributed by atoms with Crippen LogP contribution in [-0.4, -0.2) is 84.5 Å². The molecule has 5 amide bonds. The third-order valence-electron chi connectivity index (χ3n) is 9.24. The maximum atomic E-state index is 14.5. The van der Waals surface area contributed by atoms with Crippen LogP contribution < -0.4 is 20.7 Å². The normalized spacial score (nSPS) is 19.1. The molecule has 1 heterocycles. The molecule has 1 aliphatic rings. The molecule has 1 aliphatic heterocycles. The molecular weight excluding hydrogens is 665 g/mol. The van der Waals surface area contributed by atoms with Gasteiger partial charge >= 0.3 is 12.1 Å². The summed E-state index contributed by atoms with van der Waals surface area (Å²) in [5, 5.41) is 20.7. The maximum Gasteiger partial charge on any atom is 0.323 e. The molecule has 276 valence electrons. The van der Waals surface area contributed by atoms with Crippen molar-refractivity contribution in [2.45, 2.75) is 58.3 Å². The zero-order valence-corrected chi connectivity index (χ0v) is 30.1. The van der Waals surface area contributed by atoms with E-state index >= 15 is 0 Å². The van der Waals surface area contributed by atoms with Crippen LogP contribution in [0.15, 0.2) is 84.9 Å². The van der Waals surface area contributed by atoms with Crippen molar-refractivity contribution >= 4 is 45.8 Å². The highest BCUT2D eigenvalue weighted by Gasteiger charge is 2.31. The van der Waals surface area contributed by atoms with Crippen LogP contribution in [0.2, 0.25) is 0 Å². The van der Waals surface area contributed by atoms with Crippen molar-refractivity contribution in [3.05, 3.63) is 96.3 Å². The Morgan fingerprint density at radius 3 is 2.46 bits per heavy atom. The fourth-order valence-corrected chi connectivity index (χ4v) is 6.19. The Morgan fingerprint density at radius 1 is 0.962 bits per heavy atom. The lowest BCUT2D eigenvalue weighted by atomic mass is 10.0. The number of likely N-dealkylation sites (N-methyl/N-ethyl adjacent to an activating group) is 1. The molecule has 11 nitrogen and oxygen atoms in total. The minimum Gasteiger partial charge on any atom is -0.490 e. The number of carbonyl (C=O) groups excluding carboxylic acids is 3. The van der Waals surface area contributed by atoms with Crippen LogP contribution >= 0.6 is 0 Å². The van der Waals surface area contributed by atoms with Gasteiger partial charge in [-0.1, -0.05) is 43.3 Å².